The Morgan fingerprint density at radius 3 is 2.52 bits per heavy atom. The fourth-order valence-corrected chi connectivity index (χ4v) is 5.55. The summed E-state index contributed by atoms with van der Waals surface area (Å²) in [4.78, 5) is 42.1. The van der Waals surface area contributed by atoms with E-state index in [1.165, 1.54) is 19.1 Å². The molecule has 1 atom stereocenters. The summed E-state index contributed by atoms with van der Waals surface area (Å²) in [6.07, 6.45) is -2.62. The van der Waals surface area contributed by atoms with Gasteiger partial charge in [0.2, 0.25) is 0 Å². The molecule has 3 aliphatic carbocycles. The third-order valence-electron chi connectivity index (χ3n) is 7.18. The van der Waals surface area contributed by atoms with Crippen LogP contribution < -0.4 is 20.7 Å². The molecule has 6 rings (SSSR count). The summed E-state index contributed by atoms with van der Waals surface area (Å²) in [6, 6.07) is 4.18. The number of benzene rings is 1. The summed E-state index contributed by atoms with van der Waals surface area (Å²) < 4.78 is 62.6. The molecule has 222 valence electrons. The van der Waals surface area contributed by atoms with Gasteiger partial charge in [0, 0.05) is 23.8 Å². The summed E-state index contributed by atoms with van der Waals surface area (Å²) in [5.41, 5.74) is -2.32. The van der Waals surface area contributed by atoms with Crippen molar-refractivity contribution in [3.05, 3.63) is 68.9 Å². The average molecular weight is 630 g/mol. The Bertz CT molecular complexity index is 1570. The number of hydrogen-bond acceptors (Lipinski definition) is 7. The molecular weight excluding hydrogens is 609 g/mol. The Labute approximate surface area is 245 Å². The second-order valence-corrected chi connectivity index (χ2v) is 10.9. The molecule has 3 amide bonds. The SMILES string of the molecule is Cc1onc(C(=O)NC23CC(C2)C(NC(=O)COc2ccc(Cl)c(F)c2)C3)c1C(=O)Nc1ncc(C(F)(F)F)cc1Cl. The summed E-state index contributed by atoms with van der Waals surface area (Å²) in [7, 11) is 0. The van der Waals surface area contributed by atoms with Crippen molar-refractivity contribution in [2.24, 2.45) is 5.92 Å². The summed E-state index contributed by atoms with van der Waals surface area (Å²) in [5, 5.41) is 11.2. The first-order valence-electron chi connectivity index (χ1n) is 12.4. The van der Waals surface area contributed by atoms with E-state index in [-0.39, 0.29) is 52.2 Å². The number of hydrogen-bond donors (Lipinski definition) is 3. The van der Waals surface area contributed by atoms with E-state index in [0.717, 1.165) is 6.07 Å². The predicted octanol–water partition coefficient (Wildman–Crippen LogP) is 4.94. The highest BCUT2D eigenvalue weighted by Crippen LogP contribution is 2.52. The van der Waals surface area contributed by atoms with Crippen molar-refractivity contribution >= 4 is 46.7 Å². The monoisotopic (exact) mass is 629 g/mol. The highest BCUT2D eigenvalue weighted by atomic mass is 35.5. The Morgan fingerprint density at radius 1 is 1.12 bits per heavy atom. The van der Waals surface area contributed by atoms with Gasteiger partial charge in [0.15, 0.2) is 18.1 Å². The van der Waals surface area contributed by atoms with Crippen molar-refractivity contribution in [2.75, 3.05) is 11.9 Å². The number of halogens is 6. The molecule has 0 saturated heterocycles. The van der Waals surface area contributed by atoms with Gasteiger partial charge in [-0.3, -0.25) is 14.4 Å². The van der Waals surface area contributed by atoms with E-state index in [1.807, 2.05) is 0 Å². The number of ether oxygens (including phenoxy) is 1. The fraction of sp³-hybridized carbons (Fsp3) is 0.346. The van der Waals surface area contributed by atoms with Gasteiger partial charge in [-0.25, -0.2) is 9.37 Å². The van der Waals surface area contributed by atoms with Gasteiger partial charge in [-0.05, 0) is 50.3 Å². The lowest BCUT2D eigenvalue weighted by Gasteiger charge is -2.38. The Kier molecular flexibility index (Phi) is 7.79. The summed E-state index contributed by atoms with van der Waals surface area (Å²) in [6.45, 7) is 1.04. The highest BCUT2D eigenvalue weighted by Gasteiger charge is 2.57. The van der Waals surface area contributed by atoms with E-state index in [9.17, 15) is 31.9 Å². The normalized spacial score (nSPS) is 20.9. The molecule has 1 unspecified atom stereocenters. The molecule has 2 heterocycles. The highest BCUT2D eigenvalue weighted by molar-refractivity contribution is 6.33. The van der Waals surface area contributed by atoms with Crippen molar-refractivity contribution in [3.63, 3.8) is 0 Å². The molecule has 42 heavy (non-hydrogen) atoms. The minimum Gasteiger partial charge on any atom is -0.484 e. The van der Waals surface area contributed by atoms with Crippen LogP contribution in [-0.2, 0) is 11.0 Å². The lowest BCUT2D eigenvalue weighted by atomic mass is 9.76. The van der Waals surface area contributed by atoms with E-state index in [2.05, 4.69) is 26.1 Å². The van der Waals surface area contributed by atoms with Crippen LogP contribution in [0.4, 0.5) is 23.4 Å². The van der Waals surface area contributed by atoms with Crippen molar-refractivity contribution in [1.82, 2.24) is 20.8 Å². The van der Waals surface area contributed by atoms with Crippen LogP contribution in [0.15, 0.2) is 35.0 Å². The Balaban J connectivity index is 1.18. The van der Waals surface area contributed by atoms with Crippen LogP contribution in [0.3, 0.4) is 0 Å². The molecule has 16 heteroatoms. The molecule has 3 N–H and O–H groups in total. The fourth-order valence-electron chi connectivity index (χ4n) is 5.22. The maximum Gasteiger partial charge on any atom is 0.417 e. The number of rotatable bonds is 8. The van der Waals surface area contributed by atoms with Gasteiger partial charge >= 0.3 is 6.18 Å². The van der Waals surface area contributed by atoms with Gasteiger partial charge in [-0.2, -0.15) is 13.2 Å². The number of carbonyl (C=O) groups excluding carboxylic acids is 3. The van der Waals surface area contributed by atoms with Crippen molar-refractivity contribution in [2.45, 2.75) is 43.9 Å². The van der Waals surface area contributed by atoms with Crippen LogP contribution in [0.5, 0.6) is 5.75 Å². The zero-order valence-electron chi connectivity index (χ0n) is 21.6. The standard InChI is InChI=1S/C26H21Cl2F4N5O5/c1-11-20(23(39)35-22-16(28)4-13(9-33-22)26(30,31)32)21(37-42-11)24(40)36-25-6-12(7-25)18(8-25)34-19(38)10-41-14-2-3-15(27)17(29)5-14/h2-5,9,12,18H,6-8,10H2,1H3,(H,34,38)(H,36,40)(H,33,35,39). The van der Waals surface area contributed by atoms with Gasteiger partial charge in [-0.15, -0.1) is 0 Å². The van der Waals surface area contributed by atoms with Crippen LogP contribution in [0, 0.1) is 18.7 Å². The summed E-state index contributed by atoms with van der Waals surface area (Å²) >= 11 is 11.5. The Morgan fingerprint density at radius 2 is 1.86 bits per heavy atom. The number of aromatic nitrogens is 2. The zero-order valence-corrected chi connectivity index (χ0v) is 23.1. The number of carbonyl (C=O) groups is 3. The molecule has 3 fully saturated rings. The third-order valence-corrected chi connectivity index (χ3v) is 7.77. The first-order valence-corrected chi connectivity index (χ1v) is 13.2. The van der Waals surface area contributed by atoms with Crippen LogP contribution in [0.25, 0.3) is 0 Å². The summed E-state index contributed by atoms with van der Waals surface area (Å²) in [5.74, 6) is -2.83. The topological polar surface area (TPSA) is 135 Å². The smallest absolute Gasteiger partial charge is 0.417 e. The van der Waals surface area contributed by atoms with Gasteiger partial charge in [0.1, 0.15) is 22.9 Å². The maximum atomic E-state index is 13.6. The van der Waals surface area contributed by atoms with Gasteiger partial charge < -0.3 is 25.2 Å². The van der Waals surface area contributed by atoms with E-state index >= 15 is 0 Å². The van der Waals surface area contributed by atoms with Crippen molar-refractivity contribution in [1.29, 1.82) is 0 Å². The number of amides is 3. The second kappa shape index (κ2) is 11.1. The third kappa shape index (κ3) is 6.00. The number of nitrogens with one attached hydrogen (secondary N) is 3. The molecule has 2 aromatic heterocycles. The molecule has 3 aliphatic rings. The average Bonchev–Trinajstić information content (AvgIpc) is 3.55. The molecule has 0 spiro atoms. The van der Waals surface area contributed by atoms with Crippen LogP contribution >= 0.6 is 23.2 Å². The molecule has 0 aliphatic heterocycles. The predicted molar refractivity (Wildman–Crippen MR) is 140 cm³/mol. The lowest BCUT2D eigenvalue weighted by Crippen LogP contribution is -2.52. The molecular formula is C26H21Cl2F4N5O5. The first kappa shape index (κ1) is 29.6. The van der Waals surface area contributed by atoms with Crippen molar-refractivity contribution < 1.29 is 41.2 Å². The number of nitrogens with zero attached hydrogens (tertiary/aromatic N) is 2. The van der Waals surface area contributed by atoms with E-state index in [0.29, 0.717) is 31.5 Å². The van der Waals surface area contributed by atoms with Gasteiger partial charge in [-0.1, -0.05) is 28.4 Å². The Hall–Kier alpha value is -3.91. The number of alkyl halides is 3. The minimum atomic E-state index is -4.68. The minimum absolute atomic E-state index is 0.0122. The van der Waals surface area contributed by atoms with Crippen LogP contribution in [0.2, 0.25) is 10.0 Å². The maximum absolute atomic E-state index is 13.6. The largest absolute Gasteiger partial charge is 0.484 e. The van der Waals surface area contributed by atoms with Gasteiger partial charge in [0.05, 0.1) is 15.6 Å². The number of anilines is 1. The van der Waals surface area contributed by atoms with Gasteiger partial charge in [0.25, 0.3) is 17.7 Å². The molecule has 0 radical (unpaired) electrons. The molecule has 1 aromatic carbocycles. The zero-order chi connectivity index (χ0) is 30.4. The number of pyridine rings is 1. The van der Waals surface area contributed by atoms with E-state index in [4.69, 9.17) is 32.5 Å². The number of fused-ring (bicyclic) bond motifs is 1. The van der Waals surface area contributed by atoms with Crippen molar-refractivity contribution in [3.8, 4) is 5.75 Å². The molecule has 3 aromatic rings. The van der Waals surface area contributed by atoms with E-state index in [1.54, 1.807) is 0 Å². The van der Waals surface area contributed by atoms with Crippen LogP contribution in [0.1, 0.15) is 51.4 Å². The molecule has 10 nitrogen and oxygen atoms in total. The quantitative estimate of drug-likeness (QED) is 0.300. The van der Waals surface area contributed by atoms with Crippen LogP contribution in [-0.4, -0.2) is 46.0 Å². The molecule has 3 saturated carbocycles. The second-order valence-electron chi connectivity index (χ2n) is 10.1. The molecule has 2 bridgehead atoms. The number of aryl methyl sites for hydroxylation is 1. The first-order chi connectivity index (χ1) is 19.7. The van der Waals surface area contributed by atoms with E-state index < -0.39 is 45.8 Å². The lowest BCUT2D eigenvalue weighted by molar-refractivity contribution is -0.137.